The van der Waals surface area contributed by atoms with E-state index in [9.17, 15) is 35.1 Å². The summed E-state index contributed by atoms with van der Waals surface area (Å²) in [5.41, 5.74) is -0.837. The third-order valence-corrected chi connectivity index (χ3v) is 3.10. The second-order valence-corrected chi connectivity index (χ2v) is 4.95. The summed E-state index contributed by atoms with van der Waals surface area (Å²) in [5.74, 6) is -8.71. The van der Waals surface area contributed by atoms with Crippen molar-refractivity contribution >= 4 is 0 Å². The molecule has 1 rings (SSSR count). The van der Waals surface area contributed by atoms with Gasteiger partial charge in [-0.05, 0) is 25.0 Å². The molecular weight excluding hydrogens is 322 g/mol. The summed E-state index contributed by atoms with van der Waals surface area (Å²) < 4.78 is 101. The van der Waals surface area contributed by atoms with Gasteiger partial charge < -0.3 is 0 Å². The molecule has 0 radical (unpaired) electrons. The molecule has 9 heteroatoms. The summed E-state index contributed by atoms with van der Waals surface area (Å²) in [6.07, 6.45) is -10.7. The average Bonchev–Trinajstić information content (AvgIpc) is 2.34. The van der Waals surface area contributed by atoms with Crippen LogP contribution in [0.15, 0.2) is 6.07 Å². The molecule has 0 saturated heterocycles. The summed E-state index contributed by atoms with van der Waals surface area (Å²) >= 11 is 0. The average molecular weight is 335 g/mol. The molecule has 0 bridgehead atoms. The Hall–Kier alpha value is -1.41. The third kappa shape index (κ3) is 4.30. The largest absolute Gasteiger partial charge is 0.311 e. The minimum absolute atomic E-state index is 0.0399. The van der Waals surface area contributed by atoms with Crippen LogP contribution in [0.3, 0.4) is 0 Å². The van der Waals surface area contributed by atoms with Crippen LogP contribution in [0.5, 0.6) is 0 Å². The molecule has 22 heavy (non-hydrogen) atoms. The van der Waals surface area contributed by atoms with Gasteiger partial charge in [0.05, 0.1) is 0 Å². The molecule has 0 amide bonds. The fourth-order valence-electron chi connectivity index (χ4n) is 1.83. The Morgan fingerprint density at radius 2 is 1.14 bits per heavy atom. The Labute approximate surface area is 121 Å². The highest BCUT2D eigenvalue weighted by molar-refractivity contribution is 5.31. The van der Waals surface area contributed by atoms with Crippen molar-refractivity contribution < 1.29 is 35.1 Å². The number of aromatic nitrogens is 1. The van der Waals surface area contributed by atoms with Crippen LogP contribution in [-0.4, -0.2) is 29.7 Å². The number of hydrogen-bond donors (Lipinski definition) is 0. The van der Waals surface area contributed by atoms with Crippen molar-refractivity contribution in [1.82, 2.24) is 4.98 Å². The van der Waals surface area contributed by atoms with Crippen LogP contribution in [0.4, 0.5) is 35.1 Å². The smallest absolute Gasteiger partial charge is 0.258 e. The van der Waals surface area contributed by atoms with Crippen molar-refractivity contribution in [3.05, 3.63) is 28.6 Å². The van der Waals surface area contributed by atoms with Crippen LogP contribution in [0.25, 0.3) is 0 Å². The maximum atomic E-state index is 13.1. The highest BCUT2D eigenvalue weighted by atomic mass is 19.3. The van der Waals surface area contributed by atoms with E-state index < -0.39 is 37.5 Å². The van der Waals surface area contributed by atoms with Crippen LogP contribution in [-0.2, 0) is 12.8 Å². The Morgan fingerprint density at radius 1 is 0.818 bits per heavy atom. The van der Waals surface area contributed by atoms with E-state index in [4.69, 9.17) is 0 Å². The summed E-state index contributed by atoms with van der Waals surface area (Å²) in [6, 6.07) is 0.810. The summed E-state index contributed by atoms with van der Waals surface area (Å²) in [5, 5.41) is 0. The zero-order valence-corrected chi connectivity index (χ0v) is 11.6. The number of nitrogens with zero attached hydrogens (tertiary/aromatic N) is 1. The maximum absolute atomic E-state index is 13.1. The van der Waals surface area contributed by atoms with E-state index in [2.05, 4.69) is 4.98 Å². The fourth-order valence-corrected chi connectivity index (χ4v) is 1.83. The minimum Gasteiger partial charge on any atom is -0.258 e. The predicted molar refractivity (Wildman–Crippen MR) is 63.0 cm³/mol. The summed E-state index contributed by atoms with van der Waals surface area (Å²) in [7, 11) is 0. The van der Waals surface area contributed by atoms with Gasteiger partial charge in [0.25, 0.3) is 0 Å². The van der Waals surface area contributed by atoms with Crippen LogP contribution >= 0.6 is 0 Å². The number of alkyl halides is 8. The molecule has 0 aromatic carbocycles. The molecule has 1 nitrogen and oxygen atoms in total. The number of aryl methyl sites for hydroxylation is 2. The van der Waals surface area contributed by atoms with Crippen molar-refractivity contribution in [1.29, 1.82) is 0 Å². The third-order valence-electron chi connectivity index (χ3n) is 3.10. The molecular formula is C13H13F8N. The first-order valence-corrected chi connectivity index (χ1v) is 6.14. The number of rotatable bonds is 6. The van der Waals surface area contributed by atoms with Gasteiger partial charge in [0.15, 0.2) is 0 Å². The second kappa shape index (κ2) is 6.37. The van der Waals surface area contributed by atoms with Crippen molar-refractivity contribution in [3.8, 4) is 0 Å². The molecule has 0 atom stereocenters. The molecule has 0 aliphatic rings. The Bertz CT molecular complexity index is 484. The van der Waals surface area contributed by atoms with Gasteiger partial charge in [-0.15, -0.1) is 0 Å². The lowest BCUT2D eigenvalue weighted by Gasteiger charge is -2.20. The van der Waals surface area contributed by atoms with Gasteiger partial charge in [-0.2, -0.15) is 17.6 Å². The quantitative estimate of drug-likeness (QED) is 0.693. The Kier molecular flexibility index (Phi) is 5.40. The first-order chi connectivity index (χ1) is 9.86. The van der Waals surface area contributed by atoms with E-state index >= 15 is 0 Å². The van der Waals surface area contributed by atoms with Gasteiger partial charge >= 0.3 is 24.7 Å². The van der Waals surface area contributed by atoms with E-state index in [0.717, 1.165) is 6.07 Å². The van der Waals surface area contributed by atoms with Gasteiger partial charge in [0, 0.05) is 24.2 Å². The van der Waals surface area contributed by atoms with E-state index in [0.29, 0.717) is 0 Å². The zero-order chi connectivity index (χ0) is 17.3. The van der Waals surface area contributed by atoms with Gasteiger partial charge in [-0.25, -0.2) is 17.6 Å². The highest BCUT2D eigenvalue weighted by Crippen LogP contribution is 2.32. The second-order valence-electron chi connectivity index (χ2n) is 4.95. The van der Waals surface area contributed by atoms with E-state index in [-0.39, 0.29) is 22.5 Å². The van der Waals surface area contributed by atoms with Crippen molar-refractivity contribution in [3.63, 3.8) is 0 Å². The Balaban J connectivity index is 3.15. The van der Waals surface area contributed by atoms with Crippen LogP contribution in [0.2, 0.25) is 0 Å². The van der Waals surface area contributed by atoms with Crippen molar-refractivity contribution in [2.24, 2.45) is 0 Å². The topological polar surface area (TPSA) is 12.9 Å². The van der Waals surface area contributed by atoms with E-state index in [1.54, 1.807) is 0 Å². The first kappa shape index (κ1) is 18.6. The van der Waals surface area contributed by atoms with Crippen molar-refractivity contribution in [2.45, 2.75) is 51.4 Å². The lowest BCUT2D eigenvalue weighted by molar-refractivity contribution is -0.128. The number of hydrogen-bond acceptors (Lipinski definition) is 1. The number of halogens is 8. The van der Waals surface area contributed by atoms with Crippen LogP contribution < -0.4 is 0 Å². The van der Waals surface area contributed by atoms with Gasteiger partial charge in [-0.1, -0.05) is 6.07 Å². The molecule has 0 unspecified atom stereocenters. The van der Waals surface area contributed by atoms with Crippen LogP contribution in [0.1, 0.15) is 22.5 Å². The van der Waals surface area contributed by atoms with Gasteiger partial charge in [-0.3, -0.25) is 4.98 Å². The monoisotopic (exact) mass is 335 g/mol. The highest BCUT2D eigenvalue weighted by Gasteiger charge is 2.43. The molecule has 1 aromatic rings. The lowest BCUT2D eigenvalue weighted by Crippen LogP contribution is -2.31. The summed E-state index contributed by atoms with van der Waals surface area (Å²) in [4.78, 5) is 3.70. The van der Waals surface area contributed by atoms with Gasteiger partial charge in [0.1, 0.15) is 0 Å². The first-order valence-electron chi connectivity index (χ1n) is 6.14. The van der Waals surface area contributed by atoms with E-state index in [1.807, 2.05) is 0 Å². The zero-order valence-electron chi connectivity index (χ0n) is 11.6. The standard InChI is InChI=1S/C13H13F8N/c1-6-8(4-12(18,19)10(14)15)3-9(7(2)22-6)5-13(20,21)11(16)17/h3,10-11H,4-5H2,1-2H3. The maximum Gasteiger partial charge on any atom is 0.311 e. The molecule has 0 fully saturated rings. The normalized spacial score (nSPS) is 13.3. The molecule has 1 heterocycles. The molecule has 126 valence electrons. The Morgan fingerprint density at radius 3 is 1.41 bits per heavy atom. The van der Waals surface area contributed by atoms with Gasteiger partial charge in [0.2, 0.25) is 0 Å². The SMILES string of the molecule is Cc1nc(C)c(CC(F)(F)C(F)F)cc1CC(F)(F)C(F)F. The lowest BCUT2D eigenvalue weighted by atomic mass is 9.99. The molecule has 0 saturated carbocycles. The minimum atomic E-state index is -4.36. The van der Waals surface area contributed by atoms with Crippen molar-refractivity contribution in [2.75, 3.05) is 0 Å². The van der Waals surface area contributed by atoms with Crippen LogP contribution in [0, 0.1) is 13.8 Å². The molecule has 1 aromatic heterocycles. The number of pyridine rings is 1. The van der Waals surface area contributed by atoms with E-state index in [1.165, 1.54) is 13.8 Å². The molecule has 0 N–H and O–H groups in total. The molecule has 0 aliphatic carbocycles. The fraction of sp³-hybridized carbons (Fsp3) is 0.615. The predicted octanol–water partition coefficient (Wildman–Crippen LogP) is 4.58. The summed E-state index contributed by atoms with van der Waals surface area (Å²) in [6.45, 7) is 2.50. The molecule has 0 aliphatic heterocycles. The molecule has 0 spiro atoms.